The highest BCUT2D eigenvalue weighted by molar-refractivity contribution is 5.89. The summed E-state index contributed by atoms with van der Waals surface area (Å²) in [4.78, 5) is 11.1. The molecule has 0 radical (unpaired) electrons. The SMILES string of the molecule is C1=CC1.CCOC(=O)c1ccc(O)cc1. The molecule has 0 heterocycles. The van der Waals surface area contributed by atoms with Gasteiger partial charge in [0.2, 0.25) is 0 Å². The predicted octanol–water partition coefficient (Wildman–Crippen LogP) is 2.52. The van der Waals surface area contributed by atoms with Crippen molar-refractivity contribution in [2.75, 3.05) is 6.61 Å². The Hall–Kier alpha value is -1.77. The van der Waals surface area contributed by atoms with E-state index in [0.717, 1.165) is 0 Å². The van der Waals surface area contributed by atoms with Crippen LogP contribution in [0.15, 0.2) is 36.4 Å². The smallest absolute Gasteiger partial charge is 0.338 e. The average molecular weight is 206 g/mol. The molecule has 0 saturated heterocycles. The van der Waals surface area contributed by atoms with Crippen molar-refractivity contribution in [2.24, 2.45) is 0 Å². The number of esters is 1. The molecule has 2 rings (SSSR count). The van der Waals surface area contributed by atoms with Gasteiger partial charge in [-0.2, -0.15) is 0 Å². The first-order valence-corrected chi connectivity index (χ1v) is 4.85. The molecule has 0 aliphatic heterocycles. The summed E-state index contributed by atoms with van der Waals surface area (Å²) in [6.45, 7) is 2.11. The Bertz CT molecular complexity index is 334. The highest BCUT2D eigenvalue weighted by Gasteiger charge is 2.04. The molecular weight excluding hydrogens is 192 g/mol. The Morgan fingerprint density at radius 1 is 1.33 bits per heavy atom. The molecule has 0 fully saturated rings. The van der Waals surface area contributed by atoms with Crippen LogP contribution in [0.1, 0.15) is 23.7 Å². The van der Waals surface area contributed by atoms with Gasteiger partial charge in [0.05, 0.1) is 12.2 Å². The highest BCUT2D eigenvalue weighted by atomic mass is 16.5. The van der Waals surface area contributed by atoms with Crippen LogP contribution >= 0.6 is 0 Å². The number of allylic oxidation sites excluding steroid dienone is 2. The fourth-order valence-electron chi connectivity index (χ4n) is 0.812. The topological polar surface area (TPSA) is 46.5 Å². The van der Waals surface area contributed by atoms with E-state index in [0.29, 0.717) is 12.2 Å². The van der Waals surface area contributed by atoms with E-state index in [1.807, 2.05) is 0 Å². The zero-order chi connectivity index (χ0) is 11.1. The molecule has 1 N–H and O–H groups in total. The fourth-order valence-corrected chi connectivity index (χ4v) is 0.812. The van der Waals surface area contributed by atoms with Crippen LogP contribution in [0.5, 0.6) is 5.75 Å². The second kappa shape index (κ2) is 5.86. The van der Waals surface area contributed by atoms with E-state index in [4.69, 9.17) is 9.84 Å². The molecule has 0 atom stereocenters. The average Bonchev–Trinajstić information content (AvgIpc) is 3.06. The highest BCUT2D eigenvalue weighted by Crippen LogP contribution is 2.10. The third kappa shape index (κ3) is 4.86. The van der Waals surface area contributed by atoms with Gasteiger partial charge in [-0.15, -0.1) is 0 Å². The van der Waals surface area contributed by atoms with E-state index in [1.54, 1.807) is 6.92 Å². The van der Waals surface area contributed by atoms with Gasteiger partial charge in [-0.25, -0.2) is 4.79 Å². The first kappa shape index (κ1) is 11.3. The molecule has 3 heteroatoms. The molecule has 0 spiro atoms. The molecule has 0 aromatic heterocycles. The maximum Gasteiger partial charge on any atom is 0.338 e. The van der Waals surface area contributed by atoms with Gasteiger partial charge in [-0.05, 0) is 37.6 Å². The Labute approximate surface area is 89.0 Å². The summed E-state index contributed by atoms with van der Waals surface area (Å²) in [6, 6.07) is 5.94. The monoisotopic (exact) mass is 206 g/mol. The van der Waals surface area contributed by atoms with Gasteiger partial charge in [0.25, 0.3) is 0 Å². The number of benzene rings is 1. The predicted molar refractivity (Wildman–Crippen MR) is 57.8 cm³/mol. The van der Waals surface area contributed by atoms with Gasteiger partial charge in [-0.1, -0.05) is 12.2 Å². The number of carbonyl (C=O) groups excluding carboxylic acids is 1. The summed E-state index contributed by atoms with van der Waals surface area (Å²) >= 11 is 0. The van der Waals surface area contributed by atoms with Crippen molar-refractivity contribution in [3.05, 3.63) is 42.0 Å². The zero-order valence-electron chi connectivity index (χ0n) is 8.64. The summed E-state index contributed by atoms with van der Waals surface area (Å²) in [5.74, 6) is -0.222. The number of hydrogen-bond donors (Lipinski definition) is 1. The van der Waals surface area contributed by atoms with E-state index in [9.17, 15) is 4.79 Å². The summed E-state index contributed by atoms with van der Waals surface area (Å²) in [6.07, 6.45) is 5.50. The number of aromatic hydroxyl groups is 1. The third-order valence-electron chi connectivity index (χ3n) is 1.61. The number of carbonyl (C=O) groups is 1. The number of phenols is 1. The molecule has 1 aliphatic carbocycles. The number of ether oxygens (including phenoxy) is 1. The molecule has 0 saturated carbocycles. The molecule has 15 heavy (non-hydrogen) atoms. The minimum absolute atomic E-state index is 0.142. The van der Waals surface area contributed by atoms with E-state index in [2.05, 4.69) is 12.2 Å². The standard InChI is InChI=1S/C9H10O3.C3H4/c1-2-12-9(11)7-3-5-8(10)6-4-7;1-2-3-1/h3-6,10H,2H2,1H3;1-2H,3H2. The molecule has 1 aromatic carbocycles. The van der Waals surface area contributed by atoms with E-state index in [-0.39, 0.29) is 11.7 Å². The molecule has 0 bridgehead atoms. The Balaban J connectivity index is 0.000000319. The van der Waals surface area contributed by atoms with Crippen molar-refractivity contribution in [1.29, 1.82) is 0 Å². The second-order valence-corrected chi connectivity index (χ2v) is 2.97. The summed E-state index contributed by atoms with van der Waals surface area (Å²) < 4.78 is 4.75. The van der Waals surface area contributed by atoms with Gasteiger partial charge in [0.15, 0.2) is 0 Å². The normalized spacial score (nSPS) is 11.3. The van der Waals surface area contributed by atoms with Crippen LogP contribution < -0.4 is 0 Å². The molecule has 0 amide bonds. The van der Waals surface area contributed by atoms with Crippen LogP contribution in [0.25, 0.3) is 0 Å². The lowest BCUT2D eigenvalue weighted by molar-refractivity contribution is 0.0526. The van der Waals surface area contributed by atoms with Crippen LogP contribution in [0.4, 0.5) is 0 Å². The largest absolute Gasteiger partial charge is 0.508 e. The van der Waals surface area contributed by atoms with Crippen LogP contribution in [-0.2, 0) is 4.74 Å². The summed E-state index contributed by atoms with van der Waals surface area (Å²) in [5.41, 5.74) is 0.453. The van der Waals surface area contributed by atoms with Gasteiger partial charge < -0.3 is 9.84 Å². The first-order chi connectivity index (χ1) is 7.24. The Morgan fingerprint density at radius 2 is 1.87 bits per heavy atom. The molecular formula is C12H14O3. The number of hydrogen-bond acceptors (Lipinski definition) is 3. The van der Waals surface area contributed by atoms with Gasteiger partial charge in [0.1, 0.15) is 5.75 Å². The molecule has 80 valence electrons. The van der Waals surface area contributed by atoms with Crippen molar-refractivity contribution in [1.82, 2.24) is 0 Å². The lowest BCUT2D eigenvalue weighted by atomic mass is 10.2. The molecule has 1 aliphatic rings. The van der Waals surface area contributed by atoms with Crippen LogP contribution in [0, 0.1) is 0 Å². The zero-order valence-corrected chi connectivity index (χ0v) is 8.64. The van der Waals surface area contributed by atoms with E-state index in [1.165, 1.54) is 30.7 Å². The minimum Gasteiger partial charge on any atom is -0.508 e. The van der Waals surface area contributed by atoms with Crippen molar-refractivity contribution in [3.8, 4) is 5.75 Å². The maximum absolute atomic E-state index is 11.1. The van der Waals surface area contributed by atoms with Crippen molar-refractivity contribution in [2.45, 2.75) is 13.3 Å². The van der Waals surface area contributed by atoms with Crippen molar-refractivity contribution in [3.63, 3.8) is 0 Å². The number of phenolic OH excluding ortho intramolecular Hbond substituents is 1. The lowest BCUT2D eigenvalue weighted by Crippen LogP contribution is -2.03. The molecule has 0 unspecified atom stereocenters. The Morgan fingerprint density at radius 3 is 2.27 bits per heavy atom. The quantitative estimate of drug-likeness (QED) is 0.597. The maximum atomic E-state index is 11.1. The second-order valence-electron chi connectivity index (χ2n) is 2.97. The lowest BCUT2D eigenvalue weighted by Gasteiger charge is -2.00. The van der Waals surface area contributed by atoms with Crippen molar-refractivity contribution < 1.29 is 14.6 Å². The minimum atomic E-state index is -0.363. The fraction of sp³-hybridized carbons (Fsp3) is 0.250. The van der Waals surface area contributed by atoms with Gasteiger partial charge in [-0.3, -0.25) is 0 Å². The van der Waals surface area contributed by atoms with Crippen molar-refractivity contribution >= 4 is 5.97 Å². The molecule has 1 aromatic rings. The van der Waals surface area contributed by atoms with Crippen LogP contribution in [-0.4, -0.2) is 17.7 Å². The van der Waals surface area contributed by atoms with E-state index < -0.39 is 0 Å². The number of rotatable bonds is 2. The Kier molecular flexibility index (Phi) is 4.41. The third-order valence-corrected chi connectivity index (χ3v) is 1.61. The van der Waals surface area contributed by atoms with E-state index >= 15 is 0 Å². The van der Waals surface area contributed by atoms with Gasteiger partial charge >= 0.3 is 5.97 Å². The summed E-state index contributed by atoms with van der Waals surface area (Å²) in [5, 5.41) is 8.92. The van der Waals surface area contributed by atoms with Crippen LogP contribution in [0.3, 0.4) is 0 Å². The molecule has 3 nitrogen and oxygen atoms in total. The van der Waals surface area contributed by atoms with Gasteiger partial charge in [0, 0.05) is 0 Å². The summed E-state index contributed by atoms with van der Waals surface area (Å²) in [7, 11) is 0. The van der Waals surface area contributed by atoms with Crippen LogP contribution in [0.2, 0.25) is 0 Å². The first-order valence-electron chi connectivity index (χ1n) is 4.85.